The van der Waals surface area contributed by atoms with Gasteiger partial charge in [0.2, 0.25) is 5.01 Å². The number of nitrogens with one attached hydrogen (secondary N) is 2. The molecule has 158 valence electrons. The average Bonchev–Trinajstić information content (AvgIpc) is 3.37. The first-order valence-electron chi connectivity index (χ1n) is 9.91. The van der Waals surface area contributed by atoms with E-state index >= 15 is 0 Å². The molecule has 0 radical (unpaired) electrons. The number of amides is 2. The van der Waals surface area contributed by atoms with Gasteiger partial charge in [0.1, 0.15) is 5.01 Å². The van der Waals surface area contributed by atoms with E-state index in [9.17, 15) is 9.59 Å². The molecule has 1 aromatic carbocycles. The Labute approximate surface area is 184 Å². The first-order chi connectivity index (χ1) is 14.3. The summed E-state index contributed by atoms with van der Waals surface area (Å²) in [7, 11) is 0. The highest BCUT2D eigenvalue weighted by molar-refractivity contribution is 7.13. The quantitative estimate of drug-likeness (QED) is 0.504. The Bertz CT molecular complexity index is 996. The molecule has 8 heteroatoms. The second kappa shape index (κ2) is 9.95. The summed E-state index contributed by atoms with van der Waals surface area (Å²) in [5, 5.41) is 17.2. The van der Waals surface area contributed by atoms with Crippen LogP contribution in [0.25, 0.3) is 0 Å². The molecule has 0 fully saturated rings. The SMILES string of the molecule is CC(C)Cc1nnc(C(=O)Nc2cccc(C(=O)NC(c3cccs3)C(C)C)c2)s1. The first-order valence-corrected chi connectivity index (χ1v) is 11.6. The zero-order chi connectivity index (χ0) is 21.7. The molecule has 3 aromatic rings. The molecule has 0 spiro atoms. The number of carbonyl (C=O) groups excluding carboxylic acids is 2. The largest absolute Gasteiger partial charge is 0.344 e. The van der Waals surface area contributed by atoms with Gasteiger partial charge in [-0.2, -0.15) is 0 Å². The fourth-order valence-corrected chi connectivity index (χ4v) is 4.85. The Morgan fingerprint density at radius 3 is 2.50 bits per heavy atom. The summed E-state index contributed by atoms with van der Waals surface area (Å²) >= 11 is 2.92. The molecular formula is C22H26N4O2S2. The van der Waals surface area contributed by atoms with Gasteiger partial charge in [0.15, 0.2) is 0 Å². The maximum absolute atomic E-state index is 12.8. The monoisotopic (exact) mass is 442 g/mol. The number of carbonyl (C=O) groups is 2. The van der Waals surface area contributed by atoms with Crippen LogP contribution >= 0.6 is 22.7 Å². The van der Waals surface area contributed by atoms with Crippen molar-refractivity contribution in [1.82, 2.24) is 15.5 Å². The van der Waals surface area contributed by atoms with Gasteiger partial charge in [-0.3, -0.25) is 9.59 Å². The molecule has 0 bridgehead atoms. The number of hydrogen-bond acceptors (Lipinski definition) is 6. The topological polar surface area (TPSA) is 84.0 Å². The van der Waals surface area contributed by atoms with Gasteiger partial charge < -0.3 is 10.6 Å². The van der Waals surface area contributed by atoms with E-state index in [0.29, 0.717) is 22.2 Å². The van der Waals surface area contributed by atoms with Crippen molar-refractivity contribution in [1.29, 1.82) is 0 Å². The Kier molecular flexibility index (Phi) is 7.33. The van der Waals surface area contributed by atoms with E-state index in [-0.39, 0.29) is 23.8 Å². The number of benzene rings is 1. The van der Waals surface area contributed by atoms with E-state index in [2.05, 4.69) is 48.5 Å². The van der Waals surface area contributed by atoms with Gasteiger partial charge in [0.05, 0.1) is 6.04 Å². The zero-order valence-corrected chi connectivity index (χ0v) is 19.1. The number of anilines is 1. The average molecular weight is 443 g/mol. The second-order valence-corrected chi connectivity index (χ2v) is 9.89. The van der Waals surface area contributed by atoms with E-state index in [4.69, 9.17) is 0 Å². The summed E-state index contributed by atoms with van der Waals surface area (Å²) in [6.07, 6.45) is 0.794. The molecule has 1 unspecified atom stereocenters. The lowest BCUT2D eigenvalue weighted by Gasteiger charge is -2.21. The lowest BCUT2D eigenvalue weighted by atomic mass is 10.0. The van der Waals surface area contributed by atoms with E-state index in [1.54, 1.807) is 35.6 Å². The highest BCUT2D eigenvalue weighted by atomic mass is 32.1. The molecule has 1 atom stereocenters. The molecule has 0 aliphatic rings. The molecular weight excluding hydrogens is 416 g/mol. The Balaban J connectivity index is 1.68. The highest BCUT2D eigenvalue weighted by Crippen LogP contribution is 2.26. The Hall–Kier alpha value is -2.58. The normalized spacial score (nSPS) is 12.2. The summed E-state index contributed by atoms with van der Waals surface area (Å²) in [6.45, 7) is 8.35. The van der Waals surface area contributed by atoms with Crippen LogP contribution in [-0.4, -0.2) is 22.0 Å². The van der Waals surface area contributed by atoms with Gasteiger partial charge in [-0.05, 0) is 41.5 Å². The van der Waals surface area contributed by atoms with Crippen molar-refractivity contribution in [3.8, 4) is 0 Å². The summed E-state index contributed by atoms with van der Waals surface area (Å²) in [5.41, 5.74) is 1.04. The van der Waals surface area contributed by atoms with Crippen LogP contribution in [0.15, 0.2) is 41.8 Å². The molecule has 0 aliphatic heterocycles. The van der Waals surface area contributed by atoms with E-state index in [1.807, 2.05) is 17.5 Å². The van der Waals surface area contributed by atoms with Crippen LogP contribution in [0.4, 0.5) is 5.69 Å². The van der Waals surface area contributed by atoms with Crippen molar-refractivity contribution < 1.29 is 9.59 Å². The summed E-state index contributed by atoms with van der Waals surface area (Å²) in [4.78, 5) is 26.5. The van der Waals surface area contributed by atoms with Crippen molar-refractivity contribution in [3.63, 3.8) is 0 Å². The van der Waals surface area contributed by atoms with Crippen molar-refractivity contribution in [2.24, 2.45) is 11.8 Å². The maximum atomic E-state index is 12.8. The van der Waals surface area contributed by atoms with Crippen LogP contribution in [-0.2, 0) is 6.42 Å². The smallest absolute Gasteiger partial charge is 0.286 e. The minimum absolute atomic E-state index is 0.0588. The molecule has 0 saturated heterocycles. The van der Waals surface area contributed by atoms with Crippen molar-refractivity contribution in [2.75, 3.05) is 5.32 Å². The van der Waals surface area contributed by atoms with Crippen LogP contribution in [0, 0.1) is 11.8 Å². The van der Waals surface area contributed by atoms with Gasteiger partial charge in [-0.1, -0.05) is 51.2 Å². The van der Waals surface area contributed by atoms with Crippen molar-refractivity contribution in [2.45, 2.75) is 40.2 Å². The van der Waals surface area contributed by atoms with E-state index in [0.717, 1.165) is 16.3 Å². The standard InChI is InChI=1S/C22H26N4O2S2/c1-13(2)11-18-25-26-22(30-18)21(28)23-16-8-5-7-15(12-16)20(27)24-19(14(3)4)17-9-6-10-29-17/h5-10,12-14,19H,11H2,1-4H3,(H,23,28)(H,24,27). The molecule has 2 N–H and O–H groups in total. The molecule has 2 heterocycles. The van der Waals surface area contributed by atoms with Crippen molar-refractivity contribution in [3.05, 3.63) is 62.2 Å². The van der Waals surface area contributed by atoms with E-state index in [1.165, 1.54) is 11.3 Å². The fraction of sp³-hybridized carbons (Fsp3) is 0.364. The third-order valence-electron chi connectivity index (χ3n) is 4.43. The van der Waals surface area contributed by atoms with Crippen LogP contribution in [0.3, 0.4) is 0 Å². The first kappa shape index (κ1) is 22.1. The number of nitrogens with zero attached hydrogens (tertiary/aromatic N) is 2. The van der Waals surface area contributed by atoms with E-state index < -0.39 is 0 Å². The van der Waals surface area contributed by atoms with Crippen LogP contribution in [0.5, 0.6) is 0 Å². The van der Waals surface area contributed by atoms with Crippen LogP contribution < -0.4 is 10.6 Å². The molecule has 2 aromatic heterocycles. The lowest BCUT2D eigenvalue weighted by Crippen LogP contribution is -2.31. The zero-order valence-electron chi connectivity index (χ0n) is 17.5. The molecule has 0 aliphatic carbocycles. The van der Waals surface area contributed by atoms with Crippen molar-refractivity contribution >= 4 is 40.2 Å². The summed E-state index contributed by atoms with van der Waals surface area (Å²) in [5.74, 6) is 0.216. The van der Waals surface area contributed by atoms with Gasteiger partial charge in [-0.25, -0.2) is 0 Å². The van der Waals surface area contributed by atoms with Crippen LogP contribution in [0.2, 0.25) is 0 Å². The number of thiophene rings is 1. The number of hydrogen-bond donors (Lipinski definition) is 2. The molecule has 2 amide bonds. The third kappa shape index (κ3) is 5.73. The van der Waals surface area contributed by atoms with Gasteiger partial charge in [0, 0.05) is 22.5 Å². The Morgan fingerprint density at radius 2 is 1.83 bits per heavy atom. The number of aromatic nitrogens is 2. The minimum atomic E-state index is -0.321. The van der Waals surface area contributed by atoms with Gasteiger partial charge in [0.25, 0.3) is 11.8 Å². The lowest BCUT2D eigenvalue weighted by molar-refractivity contribution is 0.0925. The third-order valence-corrected chi connectivity index (χ3v) is 6.33. The predicted octanol–water partition coefficient (Wildman–Crippen LogP) is 5.18. The van der Waals surface area contributed by atoms with Gasteiger partial charge in [-0.15, -0.1) is 21.5 Å². The predicted molar refractivity (Wildman–Crippen MR) is 122 cm³/mol. The molecule has 6 nitrogen and oxygen atoms in total. The van der Waals surface area contributed by atoms with Gasteiger partial charge >= 0.3 is 0 Å². The van der Waals surface area contributed by atoms with Crippen LogP contribution in [0.1, 0.15) is 63.8 Å². The molecule has 0 saturated carbocycles. The highest BCUT2D eigenvalue weighted by Gasteiger charge is 2.20. The maximum Gasteiger partial charge on any atom is 0.286 e. The Morgan fingerprint density at radius 1 is 1.03 bits per heavy atom. The second-order valence-electron chi connectivity index (χ2n) is 7.84. The molecule has 30 heavy (non-hydrogen) atoms. The fourth-order valence-electron chi connectivity index (χ4n) is 2.96. The minimum Gasteiger partial charge on any atom is -0.344 e. The molecule has 3 rings (SSSR count). The summed E-state index contributed by atoms with van der Waals surface area (Å²) < 4.78 is 0. The summed E-state index contributed by atoms with van der Waals surface area (Å²) in [6, 6.07) is 10.9. The number of rotatable bonds is 8.